The van der Waals surface area contributed by atoms with Crippen LogP contribution in [0.2, 0.25) is 0 Å². The summed E-state index contributed by atoms with van der Waals surface area (Å²) < 4.78 is 15.3. The zero-order chi connectivity index (χ0) is 13.3. The Morgan fingerprint density at radius 1 is 1.33 bits per heavy atom. The fourth-order valence-corrected chi connectivity index (χ4v) is 1.91. The number of hydrogen-bond acceptors (Lipinski definition) is 2. The van der Waals surface area contributed by atoms with Crippen LogP contribution >= 0.6 is 0 Å². The predicted octanol–water partition coefficient (Wildman–Crippen LogP) is 3.47. The van der Waals surface area contributed by atoms with Crippen LogP contribution in [-0.2, 0) is 0 Å². The molecule has 0 aliphatic carbocycles. The van der Waals surface area contributed by atoms with Gasteiger partial charge in [0.05, 0.1) is 11.3 Å². The number of ketones is 1. The first-order valence-electron chi connectivity index (χ1n) is 5.85. The molecule has 3 nitrogen and oxygen atoms in total. The van der Waals surface area contributed by atoms with Gasteiger partial charge in [-0.2, -0.15) is 5.10 Å². The largest absolute Gasteiger partial charge is 0.294 e. The molecule has 0 spiro atoms. The lowest BCUT2D eigenvalue weighted by molar-refractivity contribution is 0.101. The van der Waals surface area contributed by atoms with E-state index in [0.717, 1.165) is 11.3 Å². The molecule has 0 amide bonds. The van der Waals surface area contributed by atoms with Gasteiger partial charge in [0.15, 0.2) is 5.78 Å². The highest BCUT2D eigenvalue weighted by atomic mass is 19.1. The summed E-state index contributed by atoms with van der Waals surface area (Å²) in [6.45, 7) is 5.40. The Hall–Kier alpha value is -1.97. The average molecular weight is 246 g/mol. The van der Waals surface area contributed by atoms with Crippen LogP contribution < -0.4 is 0 Å². The monoisotopic (exact) mass is 246 g/mol. The first kappa shape index (κ1) is 12.5. The standard InChI is InChI=1S/C14H15FN2O/c1-9(2)17-14(6-7-16-17)11-4-5-13(15)12(8-11)10(3)18/h4-9H,1-3H3. The van der Waals surface area contributed by atoms with Crippen LogP contribution in [-0.4, -0.2) is 15.6 Å². The molecule has 18 heavy (non-hydrogen) atoms. The van der Waals surface area contributed by atoms with E-state index in [-0.39, 0.29) is 17.4 Å². The van der Waals surface area contributed by atoms with E-state index in [9.17, 15) is 9.18 Å². The Morgan fingerprint density at radius 3 is 2.67 bits per heavy atom. The number of hydrogen-bond donors (Lipinski definition) is 0. The molecule has 4 heteroatoms. The normalized spacial score (nSPS) is 10.9. The first-order chi connectivity index (χ1) is 8.50. The molecule has 2 rings (SSSR count). The fourth-order valence-electron chi connectivity index (χ4n) is 1.91. The summed E-state index contributed by atoms with van der Waals surface area (Å²) in [7, 11) is 0. The summed E-state index contributed by atoms with van der Waals surface area (Å²) in [6.07, 6.45) is 1.70. The number of rotatable bonds is 3. The van der Waals surface area contributed by atoms with E-state index in [1.165, 1.54) is 13.0 Å². The highest BCUT2D eigenvalue weighted by molar-refractivity contribution is 5.95. The van der Waals surface area contributed by atoms with Gasteiger partial charge < -0.3 is 0 Å². The Bertz CT molecular complexity index is 587. The van der Waals surface area contributed by atoms with E-state index >= 15 is 0 Å². The average Bonchev–Trinajstić information content (AvgIpc) is 2.78. The van der Waals surface area contributed by atoms with E-state index in [4.69, 9.17) is 0 Å². The van der Waals surface area contributed by atoms with Gasteiger partial charge in [-0.25, -0.2) is 4.39 Å². The zero-order valence-electron chi connectivity index (χ0n) is 10.6. The second kappa shape index (κ2) is 4.72. The summed E-state index contributed by atoms with van der Waals surface area (Å²) in [5.74, 6) is -0.758. The SMILES string of the molecule is CC(=O)c1cc(-c2ccnn2C(C)C)ccc1F. The topological polar surface area (TPSA) is 34.9 Å². The van der Waals surface area contributed by atoms with Crippen molar-refractivity contribution in [1.29, 1.82) is 0 Å². The lowest BCUT2D eigenvalue weighted by atomic mass is 10.0. The molecule has 0 atom stereocenters. The van der Waals surface area contributed by atoms with Crippen molar-refractivity contribution in [2.45, 2.75) is 26.8 Å². The molecular weight excluding hydrogens is 231 g/mol. The molecule has 1 aromatic carbocycles. The van der Waals surface area contributed by atoms with E-state index in [1.807, 2.05) is 24.6 Å². The Balaban J connectivity index is 2.54. The van der Waals surface area contributed by atoms with Crippen molar-refractivity contribution >= 4 is 5.78 Å². The molecule has 0 bridgehead atoms. The molecular formula is C14H15FN2O. The van der Waals surface area contributed by atoms with Crippen LogP contribution in [0.3, 0.4) is 0 Å². The Kier molecular flexibility index (Phi) is 3.28. The molecule has 0 fully saturated rings. The Labute approximate surface area is 105 Å². The van der Waals surface area contributed by atoms with Crippen LogP contribution in [0, 0.1) is 5.82 Å². The molecule has 1 aromatic heterocycles. The van der Waals surface area contributed by atoms with E-state index < -0.39 is 5.82 Å². The van der Waals surface area contributed by atoms with Crippen molar-refractivity contribution in [2.75, 3.05) is 0 Å². The van der Waals surface area contributed by atoms with Crippen LogP contribution in [0.1, 0.15) is 37.2 Å². The number of benzene rings is 1. The first-order valence-corrected chi connectivity index (χ1v) is 5.85. The lowest BCUT2D eigenvalue weighted by Crippen LogP contribution is -2.05. The predicted molar refractivity (Wildman–Crippen MR) is 68.0 cm³/mol. The number of nitrogens with zero attached hydrogens (tertiary/aromatic N) is 2. The third-order valence-corrected chi connectivity index (χ3v) is 2.80. The van der Waals surface area contributed by atoms with Gasteiger partial charge in [-0.1, -0.05) is 0 Å². The third-order valence-electron chi connectivity index (χ3n) is 2.80. The van der Waals surface area contributed by atoms with Gasteiger partial charge in [-0.3, -0.25) is 9.48 Å². The third kappa shape index (κ3) is 2.18. The number of Topliss-reactive ketones (excluding diaryl/α,β-unsaturated/α-hetero) is 1. The summed E-state index contributed by atoms with van der Waals surface area (Å²) in [5, 5.41) is 4.23. The van der Waals surface area contributed by atoms with Crippen molar-refractivity contribution in [3.8, 4) is 11.3 Å². The molecule has 1 heterocycles. The minimum atomic E-state index is -0.484. The molecule has 2 aromatic rings. The van der Waals surface area contributed by atoms with E-state index in [1.54, 1.807) is 18.3 Å². The van der Waals surface area contributed by atoms with E-state index in [2.05, 4.69) is 5.10 Å². The molecule has 0 aliphatic heterocycles. The summed E-state index contributed by atoms with van der Waals surface area (Å²) in [5.41, 5.74) is 1.80. The van der Waals surface area contributed by atoms with Crippen LogP contribution in [0.15, 0.2) is 30.5 Å². The van der Waals surface area contributed by atoms with Crippen LogP contribution in [0.4, 0.5) is 4.39 Å². The zero-order valence-corrected chi connectivity index (χ0v) is 10.6. The number of carbonyl (C=O) groups is 1. The van der Waals surface area contributed by atoms with Gasteiger partial charge in [-0.15, -0.1) is 0 Å². The Morgan fingerprint density at radius 2 is 2.06 bits per heavy atom. The van der Waals surface area contributed by atoms with Gasteiger partial charge in [0.2, 0.25) is 0 Å². The van der Waals surface area contributed by atoms with Crippen molar-refractivity contribution in [3.63, 3.8) is 0 Å². The van der Waals surface area contributed by atoms with Crippen LogP contribution in [0.25, 0.3) is 11.3 Å². The summed E-state index contributed by atoms with van der Waals surface area (Å²) in [6, 6.07) is 6.63. The second-order valence-corrected chi connectivity index (χ2v) is 4.51. The molecule has 0 N–H and O–H groups in total. The van der Waals surface area contributed by atoms with Crippen molar-refractivity contribution in [3.05, 3.63) is 41.8 Å². The maximum atomic E-state index is 13.5. The number of carbonyl (C=O) groups excluding carboxylic acids is 1. The van der Waals surface area contributed by atoms with Gasteiger partial charge >= 0.3 is 0 Å². The highest BCUT2D eigenvalue weighted by Gasteiger charge is 2.12. The fraction of sp³-hybridized carbons (Fsp3) is 0.286. The van der Waals surface area contributed by atoms with Crippen molar-refractivity contribution in [2.24, 2.45) is 0 Å². The highest BCUT2D eigenvalue weighted by Crippen LogP contribution is 2.24. The molecule has 0 unspecified atom stereocenters. The van der Waals surface area contributed by atoms with Gasteiger partial charge in [0, 0.05) is 17.8 Å². The minimum absolute atomic E-state index is 0.115. The molecule has 94 valence electrons. The van der Waals surface area contributed by atoms with Gasteiger partial charge in [0.1, 0.15) is 5.82 Å². The van der Waals surface area contributed by atoms with Gasteiger partial charge in [-0.05, 0) is 45.0 Å². The number of aromatic nitrogens is 2. The maximum absolute atomic E-state index is 13.5. The number of halogens is 1. The van der Waals surface area contributed by atoms with Crippen LogP contribution in [0.5, 0.6) is 0 Å². The maximum Gasteiger partial charge on any atom is 0.162 e. The lowest BCUT2D eigenvalue weighted by Gasteiger charge is -2.11. The minimum Gasteiger partial charge on any atom is -0.294 e. The summed E-state index contributed by atoms with van der Waals surface area (Å²) >= 11 is 0. The quantitative estimate of drug-likeness (QED) is 0.777. The summed E-state index contributed by atoms with van der Waals surface area (Å²) in [4.78, 5) is 11.3. The molecule has 0 radical (unpaired) electrons. The molecule has 0 saturated heterocycles. The second-order valence-electron chi connectivity index (χ2n) is 4.51. The smallest absolute Gasteiger partial charge is 0.162 e. The molecule has 0 aliphatic rings. The van der Waals surface area contributed by atoms with Gasteiger partial charge in [0.25, 0.3) is 0 Å². The van der Waals surface area contributed by atoms with Crippen molar-refractivity contribution < 1.29 is 9.18 Å². The van der Waals surface area contributed by atoms with Crippen molar-refractivity contribution in [1.82, 2.24) is 9.78 Å². The van der Waals surface area contributed by atoms with E-state index in [0.29, 0.717) is 0 Å². The molecule has 0 saturated carbocycles.